The van der Waals surface area contributed by atoms with Gasteiger partial charge in [0.25, 0.3) is 0 Å². The zero-order valence-corrected chi connectivity index (χ0v) is 14.1. The Morgan fingerprint density at radius 3 is 2.64 bits per heavy atom. The number of carboxylic acid groups (broad SMARTS) is 1. The molecule has 1 amide bonds. The Balaban J connectivity index is 1.73. The molecule has 0 radical (unpaired) electrons. The van der Waals surface area contributed by atoms with Gasteiger partial charge in [-0.25, -0.2) is 4.79 Å². The third kappa shape index (κ3) is 3.82. The van der Waals surface area contributed by atoms with E-state index in [4.69, 9.17) is 9.84 Å². The maximum atomic E-state index is 12.8. The lowest BCUT2D eigenvalue weighted by Crippen LogP contribution is -2.31. The molecule has 0 bridgehead atoms. The van der Waals surface area contributed by atoms with Gasteiger partial charge < -0.3 is 14.7 Å². The number of carboxylic acids is 1. The standard InChI is InChI=1S/C20H21NO4/c1-25-17-5-2-4-16(13-17)18-6-3-11-21(18)19(22)12-14-7-9-15(10-8-14)20(23)24/h2,4-5,7-10,13,18H,3,6,11-12H2,1H3,(H,23,24). The second-order valence-corrected chi connectivity index (χ2v) is 6.20. The average molecular weight is 339 g/mol. The number of likely N-dealkylation sites (tertiary alicyclic amines) is 1. The zero-order chi connectivity index (χ0) is 17.8. The molecule has 1 N–H and O–H groups in total. The van der Waals surface area contributed by atoms with Gasteiger partial charge in [-0.15, -0.1) is 0 Å². The monoisotopic (exact) mass is 339 g/mol. The van der Waals surface area contributed by atoms with Crippen LogP contribution in [0.3, 0.4) is 0 Å². The number of methoxy groups -OCH3 is 1. The molecule has 25 heavy (non-hydrogen) atoms. The predicted molar refractivity (Wildman–Crippen MR) is 93.8 cm³/mol. The minimum Gasteiger partial charge on any atom is -0.497 e. The van der Waals surface area contributed by atoms with E-state index in [-0.39, 0.29) is 23.9 Å². The van der Waals surface area contributed by atoms with Crippen LogP contribution in [0.25, 0.3) is 0 Å². The number of hydrogen-bond acceptors (Lipinski definition) is 3. The van der Waals surface area contributed by atoms with E-state index in [0.717, 1.165) is 36.3 Å². The Labute approximate surface area is 146 Å². The lowest BCUT2D eigenvalue weighted by Gasteiger charge is -2.25. The van der Waals surface area contributed by atoms with Crippen molar-refractivity contribution in [2.45, 2.75) is 25.3 Å². The Hall–Kier alpha value is -2.82. The van der Waals surface area contributed by atoms with Crippen molar-refractivity contribution in [3.63, 3.8) is 0 Å². The van der Waals surface area contributed by atoms with Crippen LogP contribution in [0.2, 0.25) is 0 Å². The Kier molecular flexibility index (Phi) is 5.03. The van der Waals surface area contributed by atoms with Crippen LogP contribution in [0.15, 0.2) is 48.5 Å². The van der Waals surface area contributed by atoms with E-state index in [2.05, 4.69) is 0 Å². The number of hydrogen-bond donors (Lipinski definition) is 1. The number of amides is 1. The first-order chi connectivity index (χ1) is 12.1. The van der Waals surface area contributed by atoms with Crippen molar-refractivity contribution in [1.82, 2.24) is 4.90 Å². The molecule has 5 nitrogen and oxygen atoms in total. The lowest BCUT2D eigenvalue weighted by molar-refractivity contribution is -0.131. The highest BCUT2D eigenvalue weighted by molar-refractivity contribution is 5.87. The van der Waals surface area contributed by atoms with Crippen molar-refractivity contribution in [1.29, 1.82) is 0 Å². The van der Waals surface area contributed by atoms with Crippen LogP contribution in [0.5, 0.6) is 5.75 Å². The predicted octanol–water partition coefficient (Wildman–Crippen LogP) is 3.30. The van der Waals surface area contributed by atoms with Crippen molar-refractivity contribution in [2.24, 2.45) is 0 Å². The van der Waals surface area contributed by atoms with Crippen LogP contribution < -0.4 is 4.74 Å². The van der Waals surface area contributed by atoms with Gasteiger partial charge in [-0.05, 0) is 48.2 Å². The van der Waals surface area contributed by atoms with E-state index in [1.54, 1.807) is 19.2 Å². The summed E-state index contributed by atoms with van der Waals surface area (Å²) in [5, 5.41) is 8.95. The largest absolute Gasteiger partial charge is 0.497 e. The summed E-state index contributed by atoms with van der Waals surface area (Å²) in [7, 11) is 1.64. The maximum absolute atomic E-state index is 12.8. The highest BCUT2D eigenvalue weighted by Gasteiger charge is 2.30. The lowest BCUT2D eigenvalue weighted by atomic mass is 10.0. The minimum absolute atomic E-state index is 0.0633. The normalized spacial score (nSPS) is 16.7. The molecule has 1 aliphatic heterocycles. The highest BCUT2D eigenvalue weighted by atomic mass is 16.5. The van der Waals surface area contributed by atoms with E-state index in [9.17, 15) is 9.59 Å². The molecule has 2 aromatic rings. The summed E-state index contributed by atoms with van der Waals surface area (Å²) in [4.78, 5) is 25.6. The zero-order valence-electron chi connectivity index (χ0n) is 14.1. The van der Waals surface area contributed by atoms with Crippen molar-refractivity contribution < 1.29 is 19.4 Å². The van der Waals surface area contributed by atoms with Gasteiger partial charge in [0.1, 0.15) is 5.75 Å². The molecule has 3 rings (SSSR count). The van der Waals surface area contributed by atoms with Crippen LogP contribution in [-0.2, 0) is 11.2 Å². The molecule has 1 aliphatic rings. The van der Waals surface area contributed by atoms with Crippen molar-refractivity contribution >= 4 is 11.9 Å². The van der Waals surface area contributed by atoms with E-state index in [0.29, 0.717) is 0 Å². The van der Waals surface area contributed by atoms with Gasteiger partial charge in [0.15, 0.2) is 0 Å². The molecule has 0 spiro atoms. The molecule has 1 fully saturated rings. The van der Waals surface area contributed by atoms with Gasteiger partial charge in [0.05, 0.1) is 25.1 Å². The number of carbonyl (C=O) groups excluding carboxylic acids is 1. The van der Waals surface area contributed by atoms with Gasteiger partial charge in [0, 0.05) is 6.54 Å². The summed E-state index contributed by atoms with van der Waals surface area (Å²) in [6, 6.07) is 14.4. The molecular formula is C20H21NO4. The van der Waals surface area contributed by atoms with E-state index >= 15 is 0 Å². The third-order valence-corrected chi connectivity index (χ3v) is 4.61. The van der Waals surface area contributed by atoms with E-state index in [1.165, 1.54) is 12.1 Å². The van der Waals surface area contributed by atoms with E-state index < -0.39 is 5.97 Å². The summed E-state index contributed by atoms with van der Waals surface area (Å²) in [6.45, 7) is 0.744. The Bertz CT molecular complexity index is 770. The first-order valence-electron chi connectivity index (χ1n) is 8.34. The van der Waals surface area contributed by atoms with Gasteiger partial charge in [0.2, 0.25) is 5.91 Å². The number of benzene rings is 2. The van der Waals surface area contributed by atoms with Crippen LogP contribution in [-0.4, -0.2) is 35.5 Å². The quantitative estimate of drug-likeness (QED) is 0.908. The van der Waals surface area contributed by atoms with Crippen molar-refractivity contribution in [3.05, 3.63) is 65.2 Å². The fourth-order valence-corrected chi connectivity index (χ4v) is 3.30. The molecule has 1 atom stereocenters. The number of ether oxygens (including phenoxy) is 1. The van der Waals surface area contributed by atoms with Gasteiger partial charge in [-0.3, -0.25) is 4.79 Å². The smallest absolute Gasteiger partial charge is 0.335 e. The van der Waals surface area contributed by atoms with Gasteiger partial charge in [-0.1, -0.05) is 24.3 Å². The van der Waals surface area contributed by atoms with Crippen LogP contribution in [0, 0.1) is 0 Å². The first kappa shape index (κ1) is 17.0. The summed E-state index contributed by atoms with van der Waals surface area (Å²) in [5.74, 6) is -0.107. The summed E-state index contributed by atoms with van der Waals surface area (Å²) in [6.07, 6.45) is 2.20. The molecule has 1 heterocycles. The van der Waals surface area contributed by atoms with Gasteiger partial charge >= 0.3 is 5.97 Å². The fourth-order valence-electron chi connectivity index (χ4n) is 3.30. The second-order valence-electron chi connectivity index (χ2n) is 6.20. The number of aromatic carboxylic acids is 1. The molecule has 1 saturated heterocycles. The number of rotatable bonds is 5. The molecule has 0 aromatic heterocycles. The summed E-state index contributed by atoms with van der Waals surface area (Å²) >= 11 is 0. The highest BCUT2D eigenvalue weighted by Crippen LogP contribution is 2.33. The van der Waals surface area contributed by atoms with Crippen LogP contribution >= 0.6 is 0 Å². The van der Waals surface area contributed by atoms with E-state index in [1.807, 2.05) is 29.2 Å². The molecule has 0 saturated carbocycles. The molecule has 1 unspecified atom stereocenters. The molecule has 0 aliphatic carbocycles. The molecule has 5 heteroatoms. The topological polar surface area (TPSA) is 66.8 Å². The average Bonchev–Trinajstić information content (AvgIpc) is 3.12. The Morgan fingerprint density at radius 1 is 1.20 bits per heavy atom. The first-order valence-corrected chi connectivity index (χ1v) is 8.34. The number of nitrogens with zero attached hydrogens (tertiary/aromatic N) is 1. The van der Waals surface area contributed by atoms with Crippen LogP contribution in [0.1, 0.15) is 40.4 Å². The SMILES string of the molecule is COc1cccc(C2CCCN2C(=O)Cc2ccc(C(=O)O)cc2)c1. The molecular weight excluding hydrogens is 318 g/mol. The van der Waals surface area contributed by atoms with Crippen LogP contribution in [0.4, 0.5) is 0 Å². The maximum Gasteiger partial charge on any atom is 0.335 e. The summed E-state index contributed by atoms with van der Waals surface area (Å²) in [5.41, 5.74) is 2.14. The summed E-state index contributed by atoms with van der Waals surface area (Å²) < 4.78 is 5.28. The molecule has 130 valence electrons. The number of carbonyl (C=O) groups is 2. The Morgan fingerprint density at radius 2 is 1.96 bits per heavy atom. The third-order valence-electron chi connectivity index (χ3n) is 4.61. The molecule has 2 aromatic carbocycles. The van der Waals surface area contributed by atoms with Crippen molar-refractivity contribution in [2.75, 3.05) is 13.7 Å². The van der Waals surface area contributed by atoms with Crippen molar-refractivity contribution in [3.8, 4) is 5.75 Å². The minimum atomic E-state index is -0.962. The van der Waals surface area contributed by atoms with Gasteiger partial charge in [-0.2, -0.15) is 0 Å². The fraction of sp³-hybridized carbons (Fsp3) is 0.300. The second kappa shape index (κ2) is 7.38.